The van der Waals surface area contributed by atoms with Gasteiger partial charge in [0, 0.05) is 32.5 Å². The third-order valence-corrected chi connectivity index (χ3v) is 3.64. The molecule has 0 aliphatic carbocycles. The summed E-state index contributed by atoms with van der Waals surface area (Å²) in [6.45, 7) is 11.7. The number of amides is 3. The normalized spacial score (nSPS) is 12.8. The number of hydrogen-bond acceptors (Lipinski definition) is 5. The molecule has 0 aromatic rings. The monoisotopic (exact) mass is 405 g/mol. The summed E-state index contributed by atoms with van der Waals surface area (Å²) in [5.41, 5.74) is 1.47. The molecule has 0 aromatic carbocycles. The first-order valence-corrected chi connectivity index (χ1v) is 10.3. The number of rotatable bonds is 7. The quantitative estimate of drug-likeness (QED) is 0.383. The zero-order valence-corrected chi connectivity index (χ0v) is 18.7. The first-order valence-electron chi connectivity index (χ1n) is 10.3. The zero-order chi connectivity index (χ0) is 22.4. The lowest BCUT2D eigenvalue weighted by molar-refractivity contribution is -0.135. The van der Waals surface area contributed by atoms with Crippen molar-refractivity contribution in [2.45, 2.75) is 79.6 Å². The number of nitrogens with zero attached hydrogens (tertiary/aromatic N) is 1. The van der Waals surface area contributed by atoms with Crippen LogP contribution in [0.2, 0.25) is 0 Å². The Bertz CT molecular complexity index is 384. The topological polar surface area (TPSA) is 119 Å². The standard InChI is InChI=1S/C11H19N3O4.C5H12.C3H8.CH4O/c1-8(6-9(15)13-18)11(17)12-7-10(16)14-4-2-3-5-14;1-3-5-4-2;1-3-2;1-2/h8,18H,2-7H2,1H3,(H,12,17)(H,13,15);3-5H2,1-2H3;3H2,1-2H3;2H,1H3. The molecule has 0 radical (unpaired) electrons. The summed E-state index contributed by atoms with van der Waals surface area (Å²) < 4.78 is 0. The Kier molecular flexibility index (Phi) is 25.9. The second-order valence-electron chi connectivity index (χ2n) is 6.51. The van der Waals surface area contributed by atoms with Gasteiger partial charge in [0.1, 0.15) is 0 Å². The van der Waals surface area contributed by atoms with E-state index in [0.29, 0.717) is 0 Å². The van der Waals surface area contributed by atoms with Crippen molar-refractivity contribution in [2.24, 2.45) is 5.92 Å². The van der Waals surface area contributed by atoms with Gasteiger partial charge in [-0.15, -0.1) is 0 Å². The molecule has 0 bridgehead atoms. The van der Waals surface area contributed by atoms with Crippen LogP contribution < -0.4 is 10.8 Å². The molecule has 1 atom stereocenters. The molecule has 0 aromatic heterocycles. The number of aliphatic hydroxyl groups is 1. The molecule has 1 aliphatic heterocycles. The van der Waals surface area contributed by atoms with Gasteiger partial charge in [-0.1, -0.05) is 60.3 Å². The maximum absolute atomic E-state index is 11.6. The molecular formula is C20H43N3O5. The average molecular weight is 406 g/mol. The van der Waals surface area contributed by atoms with Gasteiger partial charge in [-0.05, 0) is 12.8 Å². The predicted molar refractivity (Wildman–Crippen MR) is 112 cm³/mol. The van der Waals surface area contributed by atoms with Gasteiger partial charge in [-0.2, -0.15) is 0 Å². The fourth-order valence-corrected chi connectivity index (χ4v) is 2.19. The Labute approximate surface area is 171 Å². The Morgan fingerprint density at radius 1 is 1.00 bits per heavy atom. The molecule has 28 heavy (non-hydrogen) atoms. The minimum Gasteiger partial charge on any atom is -0.400 e. The number of hydroxylamine groups is 1. The Morgan fingerprint density at radius 3 is 1.82 bits per heavy atom. The van der Waals surface area contributed by atoms with Crippen molar-refractivity contribution in [3.05, 3.63) is 0 Å². The minimum atomic E-state index is -0.622. The second-order valence-corrected chi connectivity index (χ2v) is 6.51. The lowest BCUT2D eigenvalue weighted by Gasteiger charge is -2.16. The van der Waals surface area contributed by atoms with Crippen LogP contribution >= 0.6 is 0 Å². The van der Waals surface area contributed by atoms with Crippen LogP contribution in [-0.2, 0) is 14.4 Å². The van der Waals surface area contributed by atoms with Gasteiger partial charge in [0.25, 0.3) is 0 Å². The second kappa shape index (κ2) is 23.4. The number of carbonyl (C=O) groups excluding carboxylic acids is 3. The SMILES string of the molecule is CC(CC(=O)NO)C(=O)NCC(=O)N1CCCC1.CCC.CCCCC.CO. The molecule has 1 aliphatic rings. The predicted octanol–water partition coefficient (Wildman–Crippen LogP) is 2.48. The highest BCUT2D eigenvalue weighted by Crippen LogP contribution is 2.07. The molecule has 0 saturated carbocycles. The molecule has 0 spiro atoms. The first-order chi connectivity index (χ1) is 13.4. The van der Waals surface area contributed by atoms with Crippen LogP contribution in [-0.4, -0.2) is 59.7 Å². The lowest BCUT2D eigenvalue weighted by atomic mass is 10.1. The van der Waals surface area contributed by atoms with Gasteiger partial charge in [0.2, 0.25) is 17.7 Å². The summed E-state index contributed by atoms with van der Waals surface area (Å²) in [6, 6.07) is 0. The Balaban J connectivity index is -0.000000523. The fourth-order valence-electron chi connectivity index (χ4n) is 2.19. The summed E-state index contributed by atoms with van der Waals surface area (Å²) >= 11 is 0. The number of nitrogens with one attached hydrogen (secondary N) is 2. The molecule has 8 heteroatoms. The van der Waals surface area contributed by atoms with E-state index < -0.39 is 11.8 Å². The highest BCUT2D eigenvalue weighted by Gasteiger charge is 2.20. The first kappa shape index (κ1) is 31.0. The number of carbonyl (C=O) groups is 3. The van der Waals surface area contributed by atoms with Gasteiger partial charge >= 0.3 is 0 Å². The number of likely N-dealkylation sites (tertiary alicyclic amines) is 1. The molecule has 1 heterocycles. The summed E-state index contributed by atoms with van der Waals surface area (Å²) in [7, 11) is 1.00. The van der Waals surface area contributed by atoms with Gasteiger partial charge in [-0.25, -0.2) is 5.48 Å². The smallest absolute Gasteiger partial charge is 0.244 e. The molecule has 1 unspecified atom stereocenters. The summed E-state index contributed by atoms with van der Waals surface area (Å²) in [6.07, 6.45) is 7.23. The van der Waals surface area contributed by atoms with Crippen molar-refractivity contribution in [3.8, 4) is 0 Å². The van der Waals surface area contributed by atoms with Crippen LogP contribution in [0, 0.1) is 5.92 Å². The van der Waals surface area contributed by atoms with Gasteiger partial charge in [-0.3, -0.25) is 19.6 Å². The number of aliphatic hydroxyl groups excluding tert-OH is 1. The fraction of sp³-hybridized carbons (Fsp3) is 0.850. The maximum atomic E-state index is 11.6. The van der Waals surface area contributed by atoms with Gasteiger partial charge < -0.3 is 15.3 Å². The lowest BCUT2D eigenvalue weighted by Crippen LogP contribution is -2.41. The largest absolute Gasteiger partial charge is 0.400 e. The highest BCUT2D eigenvalue weighted by molar-refractivity contribution is 5.88. The molecule has 1 fully saturated rings. The van der Waals surface area contributed by atoms with Crippen LogP contribution in [0.3, 0.4) is 0 Å². The number of hydrogen-bond donors (Lipinski definition) is 4. The van der Waals surface area contributed by atoms with Gasteiger partial charge in [0.15, 0.2) is 0 Å². The third-order valence-electron chi connectivity index (χ3n) is 3.64. The van der Waals surface area contributed by atoms with Crippen molar-refractivity contribution >= 4 is 17.7 Å². The minimum absolute atomic E-state index is 0.0378. The third kappa shape index (κ3) is 19.1. The number of unbranched alkanes of at least 4 members (excludes halogenated alkanes) is 2. The molecule has 3 amide bonds. The van der Waals surface area contributed by atoms with E-state index in [1.165, 1.54) is 31.2 Å². The van der Waals surface area contributed by atoms with E-state index in [1.54, 1.807) is 11.8 Å². The van der Waals surface area contributed by atoms with E-state index in [9.17, 15) is 14.4 Å². The Morgan fingerprint density at radius 2 is 1.46 bits per heavy atom. The van der Waals surface area contributed by atoms with Crippen molar-refractivity contribution < 1.29 is 24.7 Å². The molecule has 1 saturated heterocycles. The van der Waals surface area contributed by atoms with Gasteiger partial charge in [0.05, 0.1) is 6.54 Å². The van der Waals surface area contributed by atoms with Crippen LogP contribution in [0.4, 0.5) is 0 Å². The summed E-state index contributed by atoms with van der Waals surface area (Å²) in [5.74, 6) is -1.67. The van der Waals surface area contributed by atoms with E-state index in [4.69, 9.17) is 10.3 Å². The summed E-state index contributed by atoms with van der Waals surface area (Å²) in [4.78, 5) is 35.8. The van der Waals surface area contributed by atoms with Crippen molar-refractivity contribution in [2.75, 3.05) is 26.7 Å². The molecule has 4 N–H and O–H groups in total. The summed E-state index contributed by atoms with van der Waals surface area (Å²) in [5, 5.41) is 17.8. The van der Waals surface area contributed by atoms with Crippen LogP contribution in [0.5, 0.6) is 0 Å². The van der Waals surface area contributed by atoms with E-state index in [-0.39, 0.29) is 24.8 Å². The molecule has 168 valence electrons. The van der Waals surface area contributed by atoms with Crippen molar-refractivity contribution in [3.63, 3.8) is 0 Å². The van der Waals surface area contributed by atoms with E-state index >= 15 is 0 Å². The molecule has 1 rings (SSSR count). The van der Waals surface area contributed by atoms with E-state index in [0.717, 1.165) is 33.0 Å². The molecular weight excluding hydrogens is 362 g/mol. The van der Waals surface area contributed by atoms with Crippen LogP contribution in [0.1, 0.15) is 79.6 Å². The molecule has 8 nitrogen and oxygen atoms in total. The van der Waals surface area contributed by atoms with E-state index in [2.05, 4.69) is 33.0 Å². The zero-order valence-electron chi connectivity index (χ0n) is 18.7. The van der Waals surface area contributed by atoms with E-state index in [1.807, 2.05) is 0 Å². The van der Waals surface area contributed by atoms with Crippen LogP contribution in [0.15, 0.2) is 0 Å². The van der Waals surface area contributed by atoms with Crippen molar-refractivity contribution in [1.82, 2.24) is 15.7 Å². The highest BCUT2D eigenvalue weighted by atomic mass is 16.5. The Hall–Kier alpha value is -1.67. The van der Waals surface area contributed by atoms with Crippen LogP contribution in [0.25, 0.3) is 0 Å². The van der Waals surface area contributed by atoms with Crippen molar-refractivity contribution in [1.29, 1.82) is 0 Å². The maximum Gasteiger partial charge on any atom is 0.244 e. The average Bonchev–Trinajstić information content (AvgIpc) is 3.24.